The average Bonchev–Trinajstić information content (AvgIpc) is 2.28. The topological polar surface area (TPSA) is 70.1 Å². The van der Waals surface area contributed by atoms with Gasteiger partial charge in [0, 0.05) is 11.8 Å². The number of anilines is 1. The lowest BCUT2D eigenvalue weighted by Gasteiger charge is -2.08. The number of rotatable bonds is 3. The Balaban J connectivity index is 2.60. The summed E-state index contributed by atoms with van der Waals surface area (Å²) >= 11 is 0. The van der Waals surface area contributed by atoms with E-state index in [0.29, 0.717) is 5.82 Å². The molecule has 5 heteroatoms. The highest BCUT2D eigenvalue weighted by atomic mass is 16.5. The van der Waals surface area contributed by atoms with Gasteiger partial charge in [-0.3, -0.25) is 9.48 Å². The van der Waals surface area contributed by atoms with E-state index < -0.39 is 0 Å². The van der Waals surface area contributed by atoms with Gasteiger partial charge in [0.25, 0.3) is 0 Å². The summed E-state index contributed by atoms with van der Waals surface area (Å²) in [7, 11) is 0. The predicted octanol–water partition coefficient (Wildman–Crippen LogP) is 0.725. The van der Waals surface area contributed by atoms with Crippen molar-refractivity contribution in [2.45, 2.75) is 33.4 Å². The van der Waals surface area contributed by atoms with E-state index in [-0.39, 0.29) is 18.6 Å². The molecule has 0 atom stereocenters. The van der Waals surface area contributed by atoms with Crippen LogP contribution in [0.5, 0.6) is 0 Å². The average molecular weight is 197 g/mol. The summed E-state index contributed by atoms with van der Waals surface area (Å²) in [5.74, 6) is 0.117. The minimum atomic E-state index is -0.300. The summed E-state index contributed by atoms with van der Waals surface area (Å²) in [6.45, 7) is 5.57. The van der Waals surface area contributed by atoms with E-state index in [4.69, 9.17) is 10.5 Å². The second-order valence-electron chi connectivity index (χ2n) is 3.41. The zero-order chi connectivity index (χ0) is 10.7. The second-order valence-corrected chi connectivity index (χ2v) is 3.41. The first kappa shape index (κ1) is 10.6. The van der Waals surface area contributed by atoms with E-state index in [1.54, 1.807) is 6.07 Å². The van der Waals surface area contributed by atoms with Crippen molar-refractivity contribution in [2.24, 2.45) is 0 Å². The Bertz CT molecular complexity index is 331. The molecule has 0 aliphatic rings. The first-order valence-electron chi connectivity index (χ1n) is 4.48. The summed E-state index contributed by atoms with van der Waals surface area (Å²) < 4.78 is 6.51. The SMILES string of the molecule is Cc1cc(N)nn1CC(=O)OC(C)C. The van der Waals surface area contributed by atoms with Gasteiger partial charge < -0.3 is 10.5 Å². The van der Waals surface area contributed by atoms with E-state index in [2.05, 4.69) is 5.10 Å². The van der Waals surface area contributed by atoms with Crippen LogP contribution in [0.3, 0.4) is 0 Å². The highest BCUT2D eigenvalue weighted by molar-refractivity contribution is 5.69. The summed E-state index contributed by atoms with van der Waals surface area (Å²) in [4.78, 5) is 11.3. The molecule has 1 heterocycles. The first-order chi connectivity index (χ1) is 6.49. The molecule has 0 fully saturated rings. The first-order valence-corrected chi connectivity index (χ1v) is 4.48. The van der Waals surface area contributed by atoms with Crippen LogP contribution >= 0.6 is 0 Å². The summed E-state index contributed by atoms with van der Waals surface area (Å²) in [6, 6.07) is 1.71. The monoisotopic (exact) mass is 197 g/mol. The highest BCUT2D eigenvalue weighted by Gasteiger charge is 2.09. The number of aryl methyl sites for hydroxylation is 1. The van der Waals surface area contributed by atoms with Crippen LogP contribution in [0.25, 0.3) is 0 Å². The molecule has 0 saturated carbocycles. The van der Waals surface area contributed by atoms with Crippen molar-refractivity contribution in [1.82, 2.24) is 9.78 Å². The van der Waals surface area contributed by atoms with Crippen molar-refractivity contribution < 1.29 is 9.53 Å². The third-order valence-corrected chi connectivity index (χ3v) is 1.65. The number of nitrogens with zero attached hydrogens (tertiary/aromatic N) is 2. The minimum absolute atomic E-state index is 0.101. The van der Waals surface area contributed by atoms with E-state index in [0.717, 1.165) is 5.69 Å². The smallest absolute Gasteiger partial charge is 0.328 e. The Morgan fingerprint density at radius 1 is 1.71 bits per heavy atom. The molecular weight excluding hydrogens is 182 g/mol. The van der Waals surface area contributed by atoms with Gasteiger partial charge in [0.1, 0.15) is 12.4 Å². The Morgan fingerprint density at radius 2 is 2.36 bits per heavy atom. The molecule has 0 aliphatic carbocycles. The van der Waals surface area contributed by atoms with Gasteiger partial charge in [-0.2, -0.15) is 5.10 Å². The van der Waals surface area contributed by atoms with Crippen molar-refractivity contribution in [3.8, 4) is 0 Å². The van der Waals surface area contributed by atoms with Gasteiger partial charge in [-0.25, -0.2) is 0 Å². The lowest BCUT2D eigenvalue weighted by atomic mass is 10.4. The molecule has 0 radical (unpaired) electrons. The Labute approximate surface area is 82.8 Å². The molecular formula is C9H15N3O2. The molecule has 0 spiro atoms. The number of carbonyl (C=O) groups is 1. The molecule has 0 amide bonds. The molecule has 0 saturated heterocycles. The van der Waals surface area contributed by atoms with Crippen LogP contribution < -0.4 is 5.73 Å². The molecule has 0 unspecified atom stereocenters. The van der Waals surface area contributed by atoms with Crippen LogP contribution in [0.1, 0.15) is 19.5 Å². The molecule has 1 rings (SSSR count). The third kappa shape index (κ3) is 2.76. The van der Waals surface area contributed by atoms with Gasteiger partial charge in [0.05, 0.1) is 6.10 Å². The lowest BCUT2D eigenvalue weighted by molar-refractivity contribution is -0.148. The third-order valence-electron chi connectivity index (χ3n) is 1.65. The molecule has 14 heavy (non-hydrogen) atoms. The van der Waals surface area contributed by atoms with Crippen molar-refractivity contribution >= 4 is 11.8 Å². The van der Waals surface area contributed by atoms with E-state index >= 15 is 0 Å². The normalized spacial score (nSPS) is 10.6. The van der Waals surface area contributed by atoms with Gasteiger partial charge in [0.2, 0.25) is 0 Å². The Kier molecular flexibility index (Phi) is 3.11. The fraction of sp³-hybridized carbons (Fsp3) is 0.556. The number of hydrogen-bond acceptors (Lipinski definition) is 4. The zero-order valence-corrected chi connectivity index (χ0v) is 8.65. The van der Waals surface area contributed by atoms with Crippen molar-refractivity contribution in [2.75, 3.05) is 5.73 Å². The summed E-state index contributed by atoms with van der Waals surface area (Å²) in [5, 5.41) is 3.95. The Morgan fingerprint density at radius 3 is 2.79 bits per heavy atom. The predicted molar refractivity (Wildman–Crippen MR) is 52.6 cm³/mol. The minimum Gasteiger partial charge on any atom is -0.462 e. The quantitative estimate of drug-likeness (QED) is 0.725. The van der Waals surface area contributed by atoms with Gasteiger partial charge in [0.15, 0.2) is 0 Å². The standard InChI is InChI=1S/C9H15N3O2/c1-6(2)14-9(13)5-12-7(3)4-8(10)11-12/h4,6H,5H2,1-3H3,(H2,10,11). The maximum Gasteiger partial charge on any atom is 0.328 e. The number of esters is 1. The fourth-order valence-corrected chi connectivity index (χ4v) is 1.12. The molecule has 2 N–H and O–H groups in total. The molecule has 0 aromatic carbocycles. The molecule has 0 aliphatic heterocycles. The van der Waals surface area contributed by atoms with Crippen molar-refractivity contribution in [3.63, 3.8) is 0 Å². The van der Waals surface area contributed by atoms with Gasteiger partial charge in [-0.05, 0) is 20.8 Å². The number of nitrogen functional groups attached to an aromatic ring is 1. The largest absolute Gasteiger partial charge is 0.462 e. The molecule has 1 aromatic rings. The highest BCUT2D eigenvalue weighted by Crippen LogP contribution is 2.04. The number of hydrogen-bond donors (Lipinski definition) is 1. The fourth-order valence-electron chi connectivity index (χ4n) is 1.12. The van der Waals surface area contributed by atoms with Crippen LogP contribution in [0.2, 0.25) is 0 Å². The van der Waals surface area contributed by atoms with Crippen molar-refractivity contribution in [3.05, 3.63) is 11.8 Å². The van der Waals surface area contributed by atoms with Gasteiger partial charge >= 0.3 is 5.97 Å². The second kappa shape index (κ2) is 4.13. The molecule has 5 nitrogen and oxygen atoms in total. The van der Waals surface area contributed by atoms with E-state index in [1.165, 1.54) is 4.68 Å². The van der Waals surface area contributed by atoms with Gasteiger partial charge in [-0.1, -0.05) is 0 Å². The number of nitrogens with two attached hydrogens (primary N) is 1. The number of ether oxygens (including phenoxy) is 1. The zero-order valence-electron chi connectivity index (χ0n) is 8.65. The van der Waals surface area contributed by atoms with Crippen molar-refractivity contribution in [1.29, 1.82) is 0 Å². The van der Waals surface area contributed by atoms with Crippen LogP contribution in [0, 0.1) is 6.92 Å². The molecule has 1 aromatic heterocycles. The number of carbonyl (C=O) groups excluding carboxylic acids is 1. The Hall–Kier alpha value is -1.52. The van der Waals surface area contributed by atoms with E-state index in [9.17, 15) is 4.79 Å². The summed E-state index contributed by atoms with van der Waals surface area (Å²) in [5.41, 5.74) is 6.32. The van der Waals surface area contributed by atoms with Crippen LogP contribution in [0.15, 0.2) is 6.07 Å². The van der Waals surface area contributed by atoms with Crippen LogP contribution in [-0.4, -0.2) is 21.9 Å². The van der Waals surface area contributed by atoms with Gasteiger partial charge in [-0.15, -0.1) is 0 Å². The van der Waals surface area contributed by atoms with E-state index in [1.807, 2.05) is 20.8 Å². The molecule has 0 bridgehead atoms. The maximum absolute atomic E-state index is 11.3. The maximum atomic E-state index is 11.3. The number of aromatic nitrogens is 2. The molecule has 78 valence electrons. The lowest BCUT2D eigenvalue weighted by Crippen LogP contribution is -2.19. The summed E-state index contributed by atoms with van der Waals surface area (Å²) in [6.07, 6.45) is -0.101. The van der Waals surface area contributed by atoms with Crippen LogP contribution in [-0.2, 0) is 16.1 Å². The van der Waals surface area contributed by atoms with Crippen LogP contribution in [0.4, 0.5) is 5.82 Å².